The number of halogens is 1. The molecule has 1 atom stereocenters. The Labute approximate surface area is 209 Å². The molecule has 2 aromatic carbocycles. The Morgan fingerprint density at radius 3 is 2.81 bits per heavy atom. The SMILES string of the molecule is CCc1c(CN2CCCC2CO)cccc1Nc1c(C(N)=O)cnc2[nH]c(-c3ccc(F)cc3)cc12. The number of benzene rings is 2. The van der Waals surface area contributed by atoms with Crippen molar-refractivity contribution in [2.24, 2.45) is 5.73 Å². The number of primary amides is 1. The number of aliphatic hydroxyl groups is 1. The number of carbonyl (C=O) groups excluding carboxylic acids is 1. The van der Waals surface area contributed by atoms with E-state index >= 15 is 0 Å². The molecule has 5 N–H and O–H groups in total. The van der Waals surface area contributed by atoms with Gasteiger partial charge in [-0.2, -0.15) is 0 Å². The molecule has 4 aromatic rings. The summed E-state index contributed by atoms with van der Waals surface area (Å²) in [6.45, 7) is 4.01. The van der Waals surface area contributed by atoms with E-state index in [0.29, 0.717) is 16.9 Å². The van der Waals surface area contributed by atoms with Gasteiger partial charge in [0.2, 0.25) is 0 Å². The molecule has 2 aromatic heterocycles. The Morgan fingerprint density at radius 1 is 1.28 bits per heavy atom. The fourth-order valence-corrected chi connectivity index (χ4v) is 5.16. The first-order valence-electron chi connectivity index (χ1n) is 12.3. The highest BCUT2D eigenvalue weighted by Crippen LogP contribution is 2.35. The van der Waals surface area contributed by atoms with Crippen LogP contribution in [0, 0.1) is 5.82 Å². The lowest BCUT2D eigenvalue weighted by molar-refractivity contribution is 0.100. The summed E-state index contributed by atoms with van der Waals surface area (Å²) in [5.41, 5.74) is 12.0. The molecule has 0 spiro atoms. The monoisotopic (exact) mass is 487 g/mol. The predicted molar refractivity (Wildman–Crippen MR) is 140 cm³/mol. The third-order valence-electron chi connectivity index (χ3n) is 7.05. The number of aromatic amines is 1. The Hall–Kier alpha value is -3.75. The van der Waals surface area contributed by atoms with E-state index in [1.807, 2.05) is 18.2 Å². The number of hydrogen-bond donors (Lipinski definition) is 4. The highest BCUT2D eigenvalue weighted by atomic mass is 19.1. The summed E-state index contributed by atoms with van der Waals surface area (Å²) in [4.78, 5) is 22.4. The maximum absolute atomic E-state index is 13.4. The van der Waals surface area contributed by atoms with Crippen LogP contribution < -0.4 is 11.1 Å². The number of carbonyl (C=O) groups is 1. The number of amides is 1. The van der Waals surface area contributed by atoms with Crippen molar-refractivity contribution in [3.63, 3.8) is 0 Å². The molecule has 0 aliphatic carbocycles. The number of nitrogens with zero attached hydrogens (tertiary/aromatic N) is 2. The minimum Gasteiger partial charge on any atom is -0.395 e. The van der Waals surface area contributed by atoms with Crippen LogP contribution in [0.1, 0.15) is 41.3 Å². The number of H-pyrrole nitrogens is 1. The van der Waals surface area contributed by atoms with E-state index in [1.165, 1.54) is 23.9 Å². The van der Waals surface area contributed by atoms with Crippen molar-refractivity contribution in [1.82, 2.24) is 14.9 Å². The lowest BCUT2D eigenvalue weighted by Crippen LogP contribution is -2.32. The lowest BCUT2D eigenvalue weighted by Gasteiger charge is -2.25. The van der Waals surface area contributed by atoms with Crippen molar-refractivity contribution >= 4 is 28.3 Å². The third-order valence-corrected chi connectivity index (χ3v) is 7.05. The van der Waals surface area contributed by atoms with Gasteiger partial charge in [0.25, 0.3) is 5.91 Å². The van der Waals surface area contributed by atoms with Crippen molar-refractivity contribution in [1.29, 1.82) is 0 Å². The van der Waals surface area contributed by atoms with Crippen LogP contribution in [-0.2, 0) is 13.0 Å². The fourth-order valence-electron chi connectivity index (χ4n) is 5.16. The molecule has 186 valence electrons. The second-order valence-corrected chi connectivity index (χ2v) is 9.23. The minimum atomic E-state index is -0.575. The topological polar surface area (TPSA) is 107 Å². The normalized spacial score (nSPS) is 16.0. The van der Waals surface area contributed by atoms with E-state index < -0.39 is 5.91 Å². The van der Waals surface area contributed by atoms with E-state index in [4.69, 9.17) is 5.73 Å². The number of likely N-dealkylation sites (tertiary alicyclic amines) is 1. The molecule has 3 heterocycles. The molecule has 1 amide bonds. The molecule has 0 radical (unpaired) electrons. The number of hydrogen-bond acceptors (Lipinski definition) is 5. The molecule has 1 aliphatic rings. The molecule has 8 heteroatoms. The number of pyridine rings is 1. The average Bonchev–Trinajstić information content (AvgIpc) is 3.51. The highest BCUT2D eigenvalue weighted by Gasteiger charge is 2.25. The quantitative estimate of drug-likeness (QED) is 0.287. The number of aromatic nitrogens is 2. The van der Waals surface area contributed by atoms with Crippen LogP contribution in [-0.4, -0.2) is 45.1 Å². The summed E-state index contributed by atoms with van der Waals surface area (Å²) in [5.74, 6) is -0.883. The maximum Gasteiger partial charge on any atom is 0.252 e. The first-order valence-corrected chi connectivity index (χ1v) is 12.3. The van der Waals surface area contributed by atoms with Gasteiger partial charge >= 0.3 is 0 Å². The van der Waals surface area contributed by atoms with E-state index in [2.05, 4.69) is 33.2 Å². The summed E-state index contributed by atoms with van der Waals surface area (Å²) in [7, 11) is 0. The van der Waals surface area contributed by atoms with Crippen LogP contribution in [0.5, 0.6) is 0 Å². The second-order valence-electron chi connectivity index (χ2n) is 9.23. The summed E-state index contributed by atoms with van der Waals surface area (Å²) in [5, 5.41) is 14.0. The van der Waals surface area contributed by atoms with Gasteiger partial charge in [-0.15, -0.1) is 0 Å². The van der Waals surface area contributed by atoms with Gasteiger partial charge in [-0.1, -0.05) is 19.1 Å². The van der Waals surface area contributed by atoms with E-state index in [9.17, 15) is 14.3 Å². The second kappa shape index (κ2) is 10.1. The van der Waals surface area contributed by atoms with Crippen molar-refractivity contribution in [2.45, 2.75) is 38.8 Å². The van der Waals surface area contributed by atoms with Gasteiger partial charge < -0.3 is 21.1 Å². The average molecular weight is 488 g/mol. The van der Waals surface area contributed by atoms with Gasteiger partial charge in [0.05, 0.1) is 17.9 Å². The Balaban J connectivity index is 1.56. The van der Waals surface area contributed by atoms with Gasteiger partial charge in [-0.05, 0) is 78.9 Å². The summed E-state index contributed by atoms with van der Waals surface area (Å²) < 4.78 is 13.4. The van der Waals surface area contributed by atoms with E-state index in [-0.39, 0.29) is 18.5 Å². The van der Waals surface area contributed by atoms with Gasteiger partial charge in [0.15, 0.2) is 0 Å². The number of nitrogens with two attached hydrogens (primary N) is 1. The molecule has 36 heavy (non-hydrogen) atoms. The smallest absolute Gasteiger partial charge is 0.252 e. The van der Waals surface area contributed by atoms with Gasteiger partial charge in [0, 0.05) is 35.6 Å². The summed E-state index contributed by atoms with van der Waals surface area (Å²) in [6, 6.07) is 14.4. The molecule has 1 saturated heterocycles. The fraction of sp³-hybridized carbons (Fsp3) is 0.286. The molecular weight excluding hydrogens is 457 g/mol. The standard InChI is InChI=1S/C28H30FN5O2/c1-2-21-18(15-34-12-4-6-20(34)16-35)5-3-7-24(21)32-26-22-13-25(17-8-10-19(29)11-9-17)33-28(22)31-14-23(26)27(30)36/h3,5,7-11,13-14,20,35H,2,4,6,12,15-16H2,1H3,(H2,30,36)(H2,31,32,33). The Morgan fingerprint density at radius 2 is 2.08 bits per heavy atom. The molecule has 1 aliphatic heterocycles. The van der Waals surface area contributed by atoms with Crippen LogP contribution in [0.15, 0.2) is 54.7 Å². The van der Waals surface area contributed by atoms with Gasteiger partial charge in [-0.25, -0.2) is 9.37 Å². The first-order chi connectivity index (χ1) is 17.5. The molecule has 5 rings (SSSR count). The van der Waals surface area contributed by atoms with Crippen LogP contribution in [0.4, 0.5) is 15.8 Å². The number of fused-ring (bicyclic) bond motifs is 1. The number of rotatable bonds is 8. The number of aliphatic hydroxyl groups excluding tert-OH is 1. The van der Waals surface area contributed by atoms with Crippen LogP contribution in [0.2, 0.25) is 0 Å². The minimum absolute atomic E-state index is 0.167. The molecule has 7 nitrogen and oxygen atoms in total. The maximum atomic E-state index is 13.4. The number of anilines is 2. The van der Waals surface area contributed by atoms with Gasteiger partial charge in [0.1, 0.15) is 11.5 Å². The molecule has 1 fully saturated rings. The first kappa shape index (κ1) is 24.0. The molecule has 0 bridgehead atoms. The van der Waals surface area contributed by atoms with Crippen LogP contribution in [0.3, 0.4) is 0 Å². The van der Waals surface area contributed by atoms with E-state index in [0.717, 1.165) is 60.2 Å². The third kappa shape index (κ3) is 4.57. The zero-order valence-corrected chi connectivity index (χ0v) is 20.2. The van der Waals surface area contributed by atoms with Crippen molar-refractivity contribution < 1.29 is 14.3 Å². The summed E-state index contributed by atoms with van der Waals surface area (Å²) >= 11 is 0. The van der Waals surface area contributed by atoms with Gasteiger partial charge in [-0.3, -0.25) is 9.69 Å². The Bertz CT molecular complexity index is 1400. The van der Waals surface area contributed by atoms with E-state index in [1.54, 1.807) is 12.1 Å². The molecule has 1 unspecified atom stereocenters. The molecule has 0 saturated carbocycles. The van der Waals surface area contributed by atoms with Crippen LogP contribution in [0.25, 0.3) is 22.3 Å². The lowest BCUT2D eigenvalue weighted by atomic mass is 10.0. The largest absolute Gasteiger partial charge is 0.395 e. The predicted octanol–water partition coefficient (Wildman–Crippen LogP) is 4.73. The van der Waals surface area contributed by atoms with Crippen LogP contribution >= 0.6 is 0 Å². The highest BCUT2D eigenvalue weighted by molar-refractivity contribution is 6.08. The van der Waals surface area contributed by atoms with Crippen molar-refractivity contribution in [2.75, 3.05) is 18.5 Å². The zero-order valence-electron chi connectivity index (χ0n) is 20.2. The molecular formula is C28H30FN5O2. The number of nitrogens with one attached hydrogen (secondary N) is 2. The van der Waals surface area contributed by atoms with Crippen molar-refractivity contribution in [3.8, 4) is 11.3 Å². The zero-order chi connectivity index (χ0) is 25.2. The summed E-state index contributed by atoms with van der Waals surface area (Å²) in [6.07, 6.45) is 4.37. The van der Waals surface area contributed by atoms with Crippen molar-refractivity contribution in [3.05, 3.63) is 77.2 Å². The Kier molecular flexibility index (Phi) is 6.71.